The Morgan fingerprint density at radius 1 is 0.887 bits per heavy atom. The quantitative estimate of drug-likeness (QED) is 0.0413. The molecule has 2 aromatic heterocycles. The van der Waals surface area contributed by atoms with Gasteiger partial charge < -0.3 is 45.6 Å². The molecule has 0 radical (unpaired) electrons. The molecule has 1 aliphatic heterocycles. The predicted octanol–water partition coefficient (Wildman–Crippen LogP) is 12.8. The highest BCUT2D eigenvalue weighted by Gasteiger charge is 2.49. The van der Waals surface area contributed by atoms with E-state index in [1.807, 2.05) is 47.8 Å². The Hall–Kier alpha value is -6.84. The molecule has 8 rings (SSSR count). The van der Waals surface area contributed by atoms with Crippen LogP contribution in [0.3, 0.4) is 0 Å². The Kier molecular flexibility index (Phi) is 17.3. The minimum Gasteiger partial charge on any atom is -0.506 e. The summed E-state index contributed by atoms with van der Waals surface area (Å²) < 4.78 is 41.0. The molecule has 1 saturated heterocycles. The maximum Gasteiger partial charge on any atom is 0.407 e. The number of nitrogens with one attached hydrogen (secondary N) is 3. The van der Waals surface area contributed by atoms with Crippen molar-refractivity contribution in [2.24, 2.45) is 17.1 Å². The number of carboxylic acid groups (broad SMARTS) is 1. The van der Waals surface area contributed by atoms with Crippen molar-refractivity contribution in [2.75, 3.05) is 42.3 Å². The maximum absolute atomic E-state index is 14.5. The number of thioether (sulfide) groups is 2. The number of phenols is 1. The largest absolute Gasteiger partial charge is 0.506 e. The van der Waals surface area contributed by atoms with Crippen LogP contribution in [0.4, 0.5) is 21.9 Å². The molecule has 0 spiro atoms. The van der Waals surface area contributed by atoms with Gasteiger partial charge in [-0.25, -0.2) is 13.2 Å². The summed E-state index contributed by atoms with van der Waals surface area (Å²) in [5.41, 5.74) is 9.78. The number of aryl methyl sites for hydroxylation is 1. The molecule has 2 atom stereocenters. The average molecular weight is 1160 g/mol. The number of primary amides is 1. The first-order valence-corrected chi connectivity index (χ1v) is 32.7. The average Bonchev–Trinajstić information content (AvgIpc) is 3.92. The summed E-state index contributed by atoms with van der Waals surface area (Å²) in [5.74, 6) is 1.12. The number of methoxy groups -OCH3 is 1. The number of amides is 3. The molecule has 1 fully saturated rings. The van der Waals surface area contributed by atoms with Gasteiger partial charge in [-0.1, -0.05) is 71.9 Å². The zero-order valence-electron chi connectivity index (χ0n) is 46.7. The van der Waals surface area contributed by atoms with Gasteiger partial charge in [0.2, 0.25) is 15.4 Å². The van der Waals surface area contributed by atoms with Gasteiger partial charge in [-0.05, 0) is 133 Å². The Morgan fingerprint density at radius 3 is 2.24 bits per heavy atom. The van der Waals surface area contributed by atoms with Gasteiger partial charge in [-0.2, -0.15) is 0 Å². The van der Waals surface area contributed by atoms with E-state index in [-0.39, 0.29) is 72.9 Å². The fourth-order valence-electron chi connectivity index (χ4n) is 10.1. The van der Waals surface area contributed by atoms with Gasteiger partial charge in [0.05, 0.1) is 55.9 Å². The van der Waals surface area contributed by atoms with Crippen molar-refractivity contribution >= 4 is 98.5 Å². The molecule has 3 heterocycles. The van der Waals surface area contributed by atoms with Gasteiger partial charge >= 0.3 is 6.09 Å². The highest BCUT2D eigenvalue weighted by molar-refractivity contribution is 8.20. The van der Waals surface area contributed by atoms with Crippen LogP contribution in [0.2, 0.25) is 18.1 Å². The van der Waals surface area contributed by atoms with Crippen LogP contribution < -0.4 is 26.7 Å². The lowest BCUT2D eigenvalue weighted by molar-refractivity contribution is 0.0981. The molecule has 422 valence electrons. The van der Waals surface area contributed by atoms with Crippen LogP contribution in [0.25, 0.3) is 21.8 Å². The Bertz CT molecular complexity index is 3670. The van der Waals surface area contributed by atoms with Gasteiger partial charge in [0, 0.05) is 64.1 Å². The van der Waals surface area contributed by atoms with Crippen LogP contribution in [0.1, 0.15) is 97.9 Å². The number of nitrogens with two attached hydrogens (primary N) is 1. The molecule has 0 aliphatic carbocycles. The number of aromatic amines is 1. The van der Waals surface area contributed by atoms with E-state index < -0.39 is 46.2 Å². The molecular formula is C60H70N6O10S3Si. The Morgan fingerprint density at radius 2 is 1.59 bits per heavy atom. The number of anilines is 3. The van der Waals surface area contributed by atoms with Crippen LogP contribution in [0.15, 0.2) is 130 Å². The van der Waals surface area contributed by atoms with E-state index >= 15 is 0 Å². The first kappa shape index (κ1) is 59.3. The second kappa shape index (κ2) is 23.3. The molecule has 3 amide bonds. The van der Waals surface area contributed by atoms with Gasteiger partial charge in [-0.3, -0.25) is 19.4 Å². The second-order valence-electron chi connectivity index (χ2n) is 22.8. The molecule has 0 saturated carbocycles. The number of sulfone groups is 1. The number of hydrogen-bond acceptors (Lipinski definition) is 13. The van der Waals surface area contributed by atoms with Crippen LogP contribution in [0, 0.1) is 18.3 Å². The third kappa shape index (κ3) is 12.5. The van der Waals surface area contributed by atoms with Crippen LogP contribution in [0.5, 0.6) is 11.5 Å². The van der Waals surface area contributed by atoms with E-state index in [1.54, 1.807) is 49.4 Å². The van der Waals surface area contributed by atoms with Crippen molar-refractivity contribution < 1.29 is 42.2 Å². The monoisotopic (exact) mass is 1160 g/mol. The summed E-state index contributed by atoms with van der Waals surface area (Å²) in [4.78, 5) is 60.6. The Labute approximate surface area is 476 Å². The van der Waals surface area contributed by atoms with E-state index in [4.69, 9.17) is 14.9 Å². The SMILES string of the molecule is COc1cccc(Nc2c(C(N)=O)cnc3c(C)cc(S(=O)(=O)c4cccc(C(=O)Nc5ccc(C6([C@H](CCCN(CC(O[Si](C)(C)C(C)(C)C)c7ccc(O)c8[nH]c(=O)ccc78)C(=O)O)C(C)(C)C)SCCS6)cc5)c4)cc23)c1. The molecule has 7 aromatic rings. The number of phenolic OH excluding ortho intramolecular Hbond substituents is 1. The van der Waals surface area contributed by atoms with Crippen molar-refractivity contribution in [1.82, 2.24) is 14.9 Å². The first-order chi connectivity index (χ1) is 37.6. The molecule has 0 bridgehead atoms. The fourth-order valence-corrected chi connectivity index (χ4v) is 16.9. The fraction of sp³-hybridized carbons (Fsp3) is 0.350. The summed E-state index contributed by atoms with van der Waals surface area (Å²) in [5, 5.41) is 28.4. The van der Waals surface area contributed by atoms with Gasteiger partial charge in [0.1, 0.15) is 11.5 Å². The third-order valence-corrected chi connectivity index (χ3v) is 25.2. The third-order valence-electron chi connectivity index (χ3n) is 15.3. The molecule has 80 heavy (non-hydrogen) atoms. The van der Waals surface area contributed by atoms with Crippen LogP contribution in [-0.4, -0.2) is 91.4 Å². The highest BCUT2D eigenvalue weighted by atomic mass is 32.2. The highest BCUT2D eigenvalue weighted by Crippen LogP contribution is 2.62. The molecule has 1 unspecified atom stereocenters. The molecule has 5 aromatic carbocycles. The molecule has 16 nitrogen and oxygen atoms in total. The number of H-pyrrole nitrogens is 1. The summed E-state index contributed by atoms with van der Waals surface area (Å²) >= 11 is 3.76. The normalized spacial score (nSPS) is 14.6. The van der Waals surface area contributed by atoms with Gasteiger partial charge in [0.15, 0.2) is 8.32 Å². The standard InChI is InChI=1S/C60H70N6O10S3Si/c1-36-30-43(33-46-52(36)62-34-47(55(61)69)53(46)63-40-15-12-16-41(32-40)75-8)79(73,74)42-17-11-14-37(31-42)56(70)64-39-21-19-38(20-22-39)60(77-28-29-78-60)50(58(2,3)4)18-13-27-66(57(71)72)35-49(76-80(9,10)59(5,6)7)44-23-25-48(67)54-45(44)24-26-51(68)65-54/h11-12,14-17,19-26,30-34,49-50,67H,13,18,27-29,35H2,1-10H3,(H2,61,69)(H,62,63)(H,64,70)(H,65,68)(H,71,72)/t49?,50-/m1/s1. The molecule has 20 heteroatoms. The van der Waals surface area contributed by atoms with Crippen molar-refractivity contribution in [3.63, 3.8) is 0 Å². The van der Waals surface area contributed by atoms with Gasteiger partial charge in [-0.15, -0.1) is 23.5 Å². The topological polar surface area (TPSA) is 243 Å². The van der Waals surface area contributed by atoms with E-state index in [2.05, 4.69) is 75.2 Å². The minimum absolute atomic E-state index is 0.0382. The van der Waals surface area contributed by atoms with E-state index in [0.717, 1.165) is 17.1 Å². The van der Waals surface area contributed by atoms with Crippen molar-refractivity contribution in [2.45, 2.75) is 99.4 Å². The number of nitrogens with zero attached hydrogens (tertiary/aromatic N) is 2. The number of carbonyl (C=O) groups is 3. The number of benzene rings is 5. The predicted molar refractivity (Wildman–Crippen MR) is 323 cm³/mol. The van der Waals surface area contributed by atoms with Crippen molar-refractivity contribution in [3.05, 3.63) is 154 Å². The molecular weight excluding hydrogens is 1090 g/mol. The summed E-state index contributed by atoms with van der Waals surface area (Å²) in [6.07, 6.45) is 0.859. The van der Waals surface area contributed by atoms with Crippen LogP contribution >= 0.6 is 23.5 Å². The number of rotatable bonds is 19. The number of carbonyl (C=O) groups excluding carboxylic acids is 2. The van der Waals surface area contributed by atoms with Gasteiger partial charge in [0.25, 0.3) is 11.8 Å². The minimum atomic E-state index is -4.24. The van der Waals surface area contributed by atoms with E-state index in [9.17, 15) is 37.8 Å². The number of ether oxygens (including phenoxy) is 1. The van der Waals surface area contributed by atoms with Crippen molar-refractivity contribution in [3.8, 4) is 11.5 Å². The lowest BCUT2D eigenvalue weighted by Gasteiger charge is -2.45. The zero-order valence-corrected chi connectivity index (χ0v) is 50.2. The summed E-state index contributed by atoms with van der Waals surface area (Å²) in [6, 6.07) is 29.9. The summed E-state index contributed by atoms with van der Waals surface area (Å²) in [6.45, 7) is 19.3. The number of aromatic hydroxyl groups is 1. The number of fused-ring (bicyclic) bond motifs is 2. The lowest BCUT2D eigenvalue weighted by atomic mass is 9.74. The first-order valence-electron chi connectivity index (χ1n) is 26.3. The zero-order chi connectivity index (χ0) is 58.1. The van der Waals surface area contributed by atoms with Crippen LogP contribution in [-0.2, 0) is 18.3 Å². The second-order valence-corrected chi connectivity index (χ2v) is 32.4. The maximum atomic E-state index is 14.5. The summed E-state index contributed by atoms with van der Waals surface area (Å²) in [7, 11) is -5.21. The smallest absolute Gasteiger partial charge is 0.407 e. The van der Waals surface area contributed by atoms with E-state index in [0.29, 0.717) is 57.4 Å². The van der Waals surface area contributed by atoms with E-state index in [1.165, 1.54) is 60.7 Å². The van der Waals surface area contributed by atoms with Crippen molar-refractivity contribution in [1.29, 1.82) is 0 Å². The number of pyridine rings is 2. The Balaban J connectivity index is 1.01. The number of aromatic nitrogens is 2. The lowest BCUT2D eigenvalue weighted by Crippen LogP contribution is -2.45. The molecule has 1 aliphatic rings. The molecule has 7 N–H and O–H groups in total. The number of hydrogen-bond donors (Lipinski definition) is 6.